The molecule has 3 rings (SSSR count). The van der Waals surface area contributed by atoms with Crippen LogP contribution in [0.4, 0.5) is 5.13 Å². The summed E-state index contributed by atoms with van der Waals surface area (Å²) < 4.78 is 21.2. The van der Waals surface area contributed by atoms with E-state index in [4.69, 9.17) is 14.2 Å². The number of ether oxygens (including phenoxy) is 3. The lowest BCUT2D eigenvalue weighted by atomic mass is 10.1. The number of aromatic nitrogens is 2. The molecule has 0 aliphatic rings. The van der Waals surface area contributed by atoms with E-state index in [1.54, 1.807) is 18.2 Å². The molecule has 0 fully saturated rings. The van der Waals surface area contributed by atoms with Gasteiger partial charge in [-0.3, -0.25) is 10.1 Å². The van der Waals surface area contributed by atoms with Crippen molar-refractivity contribution >= 4 is 40.4 Å². The monoisotopic (exact) mass is 482 g/mol. The maximum atomic E-state index is 12.5. The lowest BCUT2D eigenvalue weighted by molar-refractivity contribution is -0.112. The Hall–Kier alpha value is -3.55. The molecule has 0 bridgehead atoms. The van der Waals surface area contributed by atoms with Crippen molar-refractivity contribution in [2.45, 2.75) is 12.1 Å². The highest BCUT2D eigenvalue weighted by atomic mass is 32.2. The van der Waals surface area contributed by atoms with E-state index in [-0.39, 0.29) is 5.57 Å². The molecule has 1 heterocycles. The first-order valence-corrected chi connectivity index (χ1v) is 12.0. The fourth-order valence-corrected chi connectivity index (χ4v) is 3.77. The van der Waals surface area contributed by atoms with Crippen LogP contribution in [0.2, 0.25) is 0 Å². The number of carbonyl (C=O) groups is 1. The van der Waals surface area contributed by atoms with Gasteiger partial charge in [0.1, 0.15) is 30.6 Å². The minimum atomic E-state index is -0.558. The first kappa shape index (κ1) is 24.1. The highest BCUT2D eigenvalue weighted by Crippen LogP contribution is 2.29. The summed E-state index contributed by atoms with van der Waals surface area (Å²) in [4.78, 5) is 16.6. The zero-order valence-electron chi connectivity index (χ0n) is 18.1. The minimum absolute atomic E-state index is 0.0664. The van der Waals surface area contributed by atoms with Crippen molar-refractivity contribution in [3.05, 3.63) is 59.7 Å². The van der Waals surface area contributed by atoms with Crippen LogP contribution in [0, 0.1) is 11.3 Å². The maximum Gasteiger partial charge on any atom is 0.268 e. The predicted octanol–water partition coefficient (Wildman–Crippen LogP) is 4.66. The second kappa shape index (κ2) is 12.5. The van der Waals surface area contributed by atoms with Crippen molar-refractivity contribution in [2.75, 3.05) is 31.4 Å². The molecule has 3 aromatic rings. The van der Waals surface area contributed by atoms with Crippen LogP contribution < -0.4 is 19.5 Å². The summed E-state index contributed by atoms with van der Waals surface area (Å²) in [5.41, 5.74) is 0.559. The van der Waals surface area contributed by atoms with Crippen LogP contribution in [0.15, 0.2) is 59.3 Å². The van der Waals surface area contributed by atoms with Crippen LogP contribution in [0.3, 0.4) is 0 Å². The fourth-order valence-electron chi connectivity index (χ4n) is 2.65. The fraction of sp³-hybridized carbons (Fsp3) is 0.217. The predicted molar refractivity (Wildman–Crippen MR) is 129 cm³/mol. The third-order valence-electron chi connectivity index (χ3n) is 4.11. The van der Waals surface area contributed by atoms with E-state index >= 15 is 0 Å². The van der Waals surface area contributed by atoms with Gasteiger partial charge in [-0.25, -0.2) is 0 Å². The van der Waals surface area contributed by atoms with Gasteiger partial charge in [0.15, 0.2) is 11.5 Å². The highest BCUT2D eigenvalue weighted by Gasteiger charge is 2.14. The van der Waals surface area contributed by atoms with E-state index in [1.807, 2.05) is 49.6 Å². The molecule has 1 N–H and O–H groups in total. The van der Waals surface area contributed by atoms with Gasteiger partial charge in [-0.15, -0.1) is 0 Å². The molecule has 0 saturated carbocycles. The molecule has 0 aliphatic heterocycles. The molecule has 0 spiro atoms. The van der Waals surface area contributed by atoms with E-state index in [9.17, 15) is 10.1 Å². The first-order valence-electron chi connectivity index (χ1n) is 10.0. The summed E-state index contributed by atoms with van der Waals surface area (Å²) in [6.45, 7) is 3.00. The Morgan fingerprint density at radius 1 is 1.15 bits per heavy atom. The summed E-state index contributed by atoms with van der Waals surface area (Å²) >= 11 is 2.43. The zero-order chi connectivity index (χ0) is 23.5. The van der Waals surface area contributed by atoms with Gasteiger partial charge in [-0.05, 0) is 49.1 Å². The summed E-state index contributed by atoms with van der Waals surface area (Å²) in [5.74, 6) is 1.27. The number of nitrogens with one attached hydrogen (secondary N) is 1. The number of amides is 1. The van der Waals surface area contributed by atoms with E-state index in [0.29, 0.717) is 47.2 Å². The standard InChI is InChI=1S/C23H22N4O4S2/c1-3-29-20-14-16(9-10-19(20)31-12-11-30-18-7-5-4-6-8-18)13-17(15-24)21(28)25-22-26-23(32-2)27-33-22/h4-10,13-14H,3,11-12H2,1-2H3,(H,25,26,27,28). The lowest BCUT2D eigenvalue weighted by Gasteiger charge is -2.13. The Bertz CT molecular complexity index is 1140. The third kappa shape index (κ3) is 7.24. The lowest BCUT2D eigenvalue weighted by Crippen LogP contribution is -2.13. The van der Waals surface area contributed by atoms with Crippen molar-refractivity contribution in [3.63, 3.8) is 0 Å². The Kier molecular flexibility index (Phi) is 9.11. The van der Waals surface area contributed by atoms with Gasteiger partial charge in [0.25, 0.3) is 5.91 Å². The molecule has 8 nitrogen and oxygen atoms in total. The average molecular weight is 483 g/mol. The van der Waals surface area contributed by atoms with E-state index in [2.05, 4.69) is 14.7 Å². The number of hydrogen-bond donors (Lipinski definition) is 1. The minimum Gasteiger partial charge on any atom is -0.490 e. The molecule has 0 atom stereocenters. The van der Waals surface area contributed by atoms with Crippen molar-refractivity contribution in [1.29, 1.82) is 5.26 Å². The first-order chi connectivity index (χ1) is 16.1. The van der Waals surface area contributed by atoms with Gasteiger partial charge in [0.2, 0.25) is 10.3 Å². The van der Waals surface area contributed by atoms with Gasteiger partial charge in [-0.1, -0.05) is 36.0 Å². The topological polar surface area (TPSA) is 106 Å². The average Bonchev–Trinajstić information content (AvgIpc) is 3.29. The highest BCUT2D eigenvalue weighted by molar-refractivity contribution is 7.98. The number of benzene rings is 2. The zero-order valence-corrected chi connectivity index (χ0v) is 19.7. The number of hydrogen-bond acceptors (Lipinski definition) is 9. The Morgan fingerprint density at radius 3 is 2.64 bits per heavy atom. The van der Waals surface area contributed by atoms with Crippen molar-refractivity contribution in [3.8, 4) is 23.3 Å². The molecule has 0 radical (unpaired) electrons. The van der Waals surface area contributed by atoms with E-state index in [1.165, 1.54) is 17.8 Å². The van der Waals surface area contributed by atoms with Gasteiger partial charge in [-0.2, -0.15) is 14.6 Å². The third-order valence-corrected chi connectivity index (χ3v) is 5.40. The van der Waals surface area contributed by atoms with Gasteiger partial charge < -0.3 is 14.2 Å². The van der Waals surface area contributed by atoms with Crippen LogP contribution in [0.25, 0.3) is 6.08 Å². The molecule has 10 heteroatoms. The van der Waals surface area contributed by atoms with Crippen molar-refractivity contribution in [1.82, 2.24) is 9.36 Å². The van der Waals surface area contributed by atoms with Crippen LogP contribution >= 0.6 is 23.3 Å². The number of nitriles is 1. The summed E-state index contributed by atoms with van der Waals surface area (Å²) in [7, 11) is 0. The van der Waals surface area contributed by atoms with Crippen molar-refractivity contribution < 1.29 is 19.0 Å². The normalized spacial score (nSPS) is 10.9. The maximum absolute atomic E-state index is 12.5. The van der Waals surface area contributed by atoms with Crippen molar-refractivity contribution in [2.24, 2.45) is 0 Å². The van der Waals surface area contributed by atoms with E-state index in [0.717, 1.165) is 17.3 Å². The molecule has 33 heavy (non-hydrogen) atoms. The van der Waals surface area contributed by atoms with Crippen LogP contribution in [0.1, 0.15) is 12.5 Å². The second-order valence-corrected chi connectivity index (χ2v) is 7.88. The summed E-state index contributed by atoms with van der Waals surface area (Å²) in [6, 6.07) is 16.6. The molecule has 2 aromatic carbocycles. The number of nitrogens with zero attached hydrogens (tertiary/aromatic N) is 3. The molecule has 0 saturated heterocycles. The number of anilines is 1. The summed E-state index contributed by atoms with van der Waals surface area (Å²) in [6.07, 6.45) is 3.32. The van der Waals surface area contributed by atoms with Crippen LogP contribution in [-0.4, -0.2) is 41.3 Å². The number of thioether (sulfide) groups is 1. The van der Waals surface area contributed by atoms with Gasteiger partial charge in [0.05, 0.1) is 6.61 Å². The number of carbonyl (C=O) groups excluding carboxylic acids is 1. The molecule has 0 unspecified atom stereocenters. The smallest absolute Gasteiger partial charge is 0.268 e. The molecular weight excluding hydrogens is 460 g/mol. The largest absolute Gasteiger partial charge is 0.490 e. The Balaban J connectivity index is 1.66. The van der Waals surface area contributed by atoms with Crippen LogP contribution in [-0.2, 0) is 4.79 Å². The van der Waals surface area contributed by atoms with E-state index < -0.39 is 5.91 Å². The van der Waals surface area contributed by atoms with Gasteiger partial charge >= 0.3 is 0 Å². The Labute approximate surface area is 200 Å². The summed E-state index contributed by atoms with van der Waals surface area (Å²) in [5, 5.41) is 13.0. The molecule has 0 aliphatic carbocycles. The van der Waals surface area contributed by atoms with Gasteiger partial charge in [0, 0.05) is 11.5 Å². The SMILES string of the molecule is CCOc1cc(C=C(C#N)C(=O)Nc2nc(SC)ns2)ccc1OCCOc1ccccc1. The molecule has 1 aromatic heterocycles. The Morgan fingerprint density at radius 2 is 1.94 bits per heavy atom. The number of rotatable bonds is 11. The molecule has 170 valence electrons. The van der Waals surface area contributed by atoms with Crippen LogP contribution in [0.5, 0.6) is 17.2 Å². The second-order valence-electron chi connectivity index (χ2n) is 6.36. The molecular formula is C23H22N4O4S2. The molecule has 1 amide bonds. The quantitative estimate of drug-likeness (QED) is 0.182. The number of para-hydroxylation sites is 1.